The van der Waals surface area contributed by atoms with Crippen LogP contribution in [0.4, 0.5) is 0 Å². The minimum absolute atomic E-state index is 0.0879. The van der Waals surface area contributed by atoms with Crippen molar-refractivity contribution in [1.82, 2.24) is 29.0 Å². The number of phenols is 1. The Hall–Kier alpha value is -2.81. The van der Waals surface area contributed by atoms with Gasteiger partial charge in [0, 0.05) is 18.7 Å². The van der Waals surface area contributed by atoms with E-state index in [2.05, 4.69) is 19.6 Å². The lowest BCUT2D eigenvalue weighted by Crippen LogP contribution is -2.41. The molecule has 0 fully saturated rings. The number of nitrogens with zero attached hydrogens (tertiary/aromatic N) is 6. The molecule has 1 aliphatic heterocycles. The molecule has 0 saturated heterocycles. The first-order valence-electron chi connectivity index (χ1n) is 7.88. The Morgan fingerprint density at radius 2 is 2.00 bits per heavy atom. The molecule has 9 heteroatoms. The highest BCUT2D eigenvalue weighted by Gasteiger charge is 2.32. The fraction of sp³-hybridized carbons (Fsp3) is 0.312. The number of amides is 1. The summed E-state index contributed by atoms with van der Waals surface area (Å²) in [5, 5.41) is 18.7. The standard InChI is InChI=1S/C16H16N6O2S/c1-9-13-18-19-14(15-17-10(2)20-25-15)22(13)8-7-21(9)16(24)11-3-5-12(23)6-4-11/h3-6,9,23H,7-8H2,1-2H3/t9-/m1/s1. The highest BCUT2D eigenvalue weighted by Crippen LogP contribution is 2.30. The molecule has 8 nitrogen and oxygen atoms in total. The number of aryl methyl sites for hydroxylation is 1. The summed E-state index contributed by atoms with van der Waals surface area (Å²) in [6.45, 7) is 4.93. The van der Waals surface area contributed by atoms with Crippen LogP contribution in [0.2, 0.25) is 0 Å². The number of aromatic nitrogens is 5. The molecule has 0 bridgehead atoms. The zero-order valence-electron chi connectivity index (χ0n) is 13.7. The van der Waals surface area contributed by atoms with E-state index in [0.717, 1.165) is 10.8 Å². The van der Waals surface area contributed by atoms with Gasteiger partial charge in [-0.1, -0.05) is 0 Å². The van der Waals surface area contributed by atoms with Gasteiger partial charge >= 0.3 is 0 Å². The monoisotopic (exact) mass is 356 g/mol. The molecule has 1 aromatic carbocycles. The maximum Gasteiger partial charge on any atom is 0.254 e. The van der Waals surface area contributed by atoms with Crippen molar-refractivity contribution in [2.24, 2.45) is 0 Å². The number of fused-ring (bicyclic) bond motifs is 1. The number of carbonyl (C=O) groups excluding carboxylic acids is 1. The molecule has 3 heterocycles. The van der Waals surface area contributed by atoms with Crippen molar-refractivity contribution in [3.8, 4) is 16.6 Å². The van der Waals surface area contributed by atoms with Crippen molar-refractivity contribution in [1.29, 1.82) is 0 Å². The summed E-state index contributed by atoms with van der Waals surface area (Å²) >= 11 is 1.30. The molecule has 1 N–H and O–H groups in total. The lowest BCUT2D eigenvalue weighted by Gasteiger charge is -2.33. The van der Waals surface area contributed by atoms with Crippen molar-refractivity contribution < 1.29 is 9.90 Å². The summed E-state index contributed by atoms with van der Waals surface area (Å²) in [4.78, 5) is 18.9. The zero-order chi connectivity index (χ0) is 17.6. The highest BCUT2D eigenvalue weighted by atomic mass is 32.1. The van der Waals surface area contributed by atoms with Gasteiger partial charge in [-0.15, -0.1) is 10.2 Å². The van der Waals surface area contributed by atoms with Crippen molar-refractivity contribution in [3.05, 3.63) is 41.5 Å². The number of benzene rings is 1. The lowest BCUT2D eigenvalue weighted by atomic mass is 10.1. The Morgan fingerprint density at radius 1 is 1.24 bits per heavy atom. The van der Waals surface area contributed by atoms with Crippen LogP contribution in [0.25, 0.3) is 10.8 Å². The molecule has 0 unspecified atom stereocenters. The number of hydrogen-bond donors (Lipinski definition) is 1. The third-order valence-electron chi connectivity index (χ3n) is 4.28. The van der Waals surface area contributed by atoms with E-state index < -0.39 is 0 Å². The van der Waals surface area contributed by atoms with Gasteiger partial charge in [-0.05, 0) is 49.6 Å². The maximum absolute atomic E-state index is 12.8. The summed E-state index contributed by atoms with van der Waals surface area (Å²) in [5.41, 5.74) is 0.539. The SMILES string of the molecule is Cc1nsc(-c2nnc3n2CCN(C(=O)c2ccc(O)cc2)[C@@H]3C)n1. The van der Waals surface area contributed by atoms with Crippen molar-refractivity contribution >= 4 is 17.4 Å². The molecule has 0 spiro atoms. The number of aromatic hydroxyl groups is 1. The van der Waals surface area contributed by atoms with Crippen LogP contribution in [0.15, 0.2) is 24.3 Å². The number of phenolic OH excluding ortho intramolecular Hbond substituents is 1. The first kappa shape index (κ1) is 15.7. The topological polar surface area (TPSA) is 97.0 Å². The van der Waals surface area contributed by atoms with Crippen LogP contribution in [0.1, 0.15) is 35.0 Å². The molecule has 1 amide bonds. The Balaban J connectivity index is 1.63. The van der Waals surface area contributed by atoms with Gasteiger partial charge in [0.2, 0.25) is 0 Å². The minimum atomic E-state index is -0.203. The number of rotatable bonds is 2. The van der Waals surface area contributed by atoms with E-state index in [1.807, 2.05) is 18.4 Å². The second-order valence-corrected chi connectivity index (χ2v) is 6.65. The van der Waals surface area contributed by atoms with Crippen LogP contribution < -0.4 is 0 Å². The van der Waals surface area contributed by atoms with Gasteiger partial charge in [0.05, 0.1) is 6.04 Å². The third-order valence-corrected chi connectivity index (χ3v) is 5.08. The van der Waals surface area contributed by atoms with E-state index in [1.165, 1.54) is 23.7 Å². The molecular formula is C16H16N6O2S. The predicted molar refractivity (Wildman–Crippen MR) is 91.2 cm³/mol. The van der Waals surface area contributed by atoms with E-state index in [-0.39, 0.29) is 17.7 Å². The zero-order valence-corrected chi connectivity index (χ0v) is 14.6. The third kappa shape index (κ3) is 2.66. The molecule has 2 aromatic heterocycles. The summed E-state index contributed by atoms with van der Waals surface area (Å²) in [5.74, 6) is 2.20. The summed E-state index contributed by atoms with van der Waals surface area (Å²) in [6.07, 6.45) is 0. The van der Waals surface area contributed by atoms with Gasteiger partial charge in [-0.25, -0.2) is 4.98 Å². The Bertz CT molecular complexity index is 933. The van der Waals surface area contributed by atoms with Crippen LogP contribution in [-0.4, -0.2) is 46.6 Å². The molecule has 128 valence electrons. The Kier molecular flexibility index (Phi) is 3.72. The molecule has 0 aliphatic carbocycles. The van der Waals surface area contributed by atoms with E-state index in [0.29, 0.717) is 30.3 Å². The van der Waals surface area contributed by atoms with Gasteiger partial charge in [0.25, 0.3) is 5.91 Å². The van der Waals surface area contributed by atoms with E-state index in [4.69, 9.17) is 0 Å². The minimum Gasteiger partial charge on any atom is -0.508 e. The molecule has 0 saturated carbocycles. The maximum atomic E-state index is 12.8. The molecule has 4 rings (SSSR count). The summed E-state index contributed by atoms with van der Waals surface area (Å²) in [6, 6.07) is 6.07. The summed E-state index contributed by atoms with van der Waals surface area (Å²) < 4.78 is 6.20. The van der Waals surface area contributed by atoms with Crippen LogP contribution in [0.3, 0.4) is 0 Å². The fourth-order valence-corrected chi connectivity index (χ4v) is 3.64. The van der Waals surface area contributed by atoms with Crippen LogP contribution in [-0.2, 0) is 6.54 Å². The normalized spacial score (nSPS) is 16.7. The van der Waals surface area contributed by atoms with Crippen molar-refractivity contribution in [3.63, 3.8) is 0 Å². The van der Waals surface area contributed by atoms with Crippen molar-refractivity contribution in [2.75, 3.05) is 6.54 Å². The fourth-order valence-electron chi connectivity index (χ4n) is 2.98. The average molecular weight is 356 g/mol. The lowest BCUT2D eigenvalue weighted by molar-refractivity contribution is 0.0638. The Labute approximate surface area is 147 Å². The molecule has 3 aromatic rings. The molecule has 0 radical (unpaired) electrons. The molecule has 25 heavy (non-hydrogen) atoms. The Morgan fingerprint density at radius 3 is 2.68 bits per heavy atom. The van der Waals surface area contributed by atoms with Gasteiger partial charge in [-0.3, -0.25) is 4.79 Å². The van der Waals surface area contributed by atoms with Crippen LogP contribution in [0, 0.1) is 6.92 Å². The molecular weight excluding hydrogens is 340 g/mol. The average Bonchev–Trinajstić information content (AvgIpc) is 3.21. The van der Waals surface area contributed by atoms with E-state index >= 15 is 0 Å². The number of hydrogen-bond acceptors (Lipinski definition) is 7. The molecule has 1 atom stereocenters. The van der Waals surface area contributed by atoms with Crippen molar-refractivity contribution in [2.45, 2.75) is 26.4 Å². The largest absolute Gasteiger partial charge is 0.508 e. The van der Waals surface area contributed by atoms with Gasteiger partial charge < -0.3 is 14.6 Å². The first-order chi connectivity index (χ1) is 12.0. The molecule has 1 aliphatic rings. The van der Waals surface area contributed by atoms with Gasteiger partial charge in [-0.2, -0.15) is 4.37 Å². The second-order valence-electron chi connectivity index (χ2n) is 5.90. The van der Waals surface area contributed by atoms with Gasteiger partial charge in [0.15, 0.2) is 16.7 Å². The van der Waals surface area contributed by atoms with E-state index in [1.54, 1.807) is 17.0 Å². The van der Waals surface area contributed by atoms with Gasteiger partial charge in [0.1, 0.15) is 11.6 Å². The highest BCUT2D eigenvalue weighted by molar-refractivity contribution is 7.09. The predicted octanol–water partition coefficient (Wildman–Crippen LogP) is 2.03. The number of carbonyl (C=O) groups is 1. The first-order valence-corrected chi connectivity index (χ1v) is 8.65. The van der Waals surface area contributed by atoms with Crippen LogP contribution >= 0.6 is 11.5 Å². The smallest absolute Gasteiger partial charge is 0.254 e. The summed E-state index contributed by atoms with van der Waals surface area (Å²) in [7, 11) is 0. The quantitative estimate of drug-likeness (QED) is 0.754. The van der Waals surface area contributed by atoms with E-state index in [9.17, 15) is 9.90 Å². The van der Waals surface area contributed by atoms with Crippen LogP contribution in [0.5, 0.6) is 5.75 Å². The second kappa shape index (κ2) is 5.92.